The Bertz CT molecular complexity index is 1270. The molecule has 1 aliphatic carbocycles. The van der Waals surface area contributed by atoms with Crippen molar-refractivity contribution in [3.05, 3.63) is 11.3 Å². The number of unbranched alkanes of at least 4 members (excludes halogenated alkanes) is 2. The number of rotatable bonds is 22. The summed E-state index contributed by atoms with van der Waals surface area (Å²) in [5.74, 6) is -4.80. The van der Waals surface area contributed by atoms with Gasteiger partial charge in [-0.25, -0.2) is 4.79 Å². The highest BCUT2D eigenvalue weighted by atomic mass is 16.4. The molecule has 0 aromatic carbocycles. The molecule has 0 fully saturated rings. The van der Waals surface area contributed by atoms with E-state index in [0.717, 1.165) is 12.8 Å². The summed E-state index contributed by atoms with van der Waals surface area (Å²) in [5.41, 5.74) is 11.4. The summed E-state index contributed by atoms with van der Waals surface area (Å²) in [6.45, 7) is 10.2. The number of aliphatic hydroxyl groups is 2. The zero-order valence-corrected chi connectivity index (χ0v) is 30.3. The van der Waals surface area contributed by atoms with Crippen LogP contribution in [0.1, 0.15) is 106 Å². The number of amides is 4. The number of nitrogens with one attached hydrogen (secondary N) is 4. The smallest absolute Gasteiger partial charge is 0.326 e. The molecule has 0 unspecified atom stereocenters. The lowest BCUT2D eigenvalue weighted by molar-refractivity contribution is -0.142. The number of aliphatic hydroxyl groups excluding tert-OH is 2. The van der Waals surface area contributed by atoms with E-state index in [1.54, 1.807) is 6.92 Å². The van der Waals surface area contributed by atoms with Gasteiger partial charge in [0.05, 0.1) is 17.7 Å². The van der Waals surface area contributed by atoms with Gasteiger partial charge in [-0.3, -0.25) is 29.0 Å². The number of nitrogens with zero attached hydrogens (tertiary/aromatic N) is 1. The first kappa shape index (κ1) is 44.1. The molecular weight excluding hydrogens is 650 g/mol. The lowest BCUT2D eigenvalue weighted by atomic mass is 9.76. The van der Waals surface area contributed by atoms with Crippen LogP contribution in [0.15, 0.2) is 16.3 Å². The van der Waals surface area contributed by atoms with Gasteiger partial charge >= 0.3 is 5.97 Å². The average Bonchev–Trinajstić information content (AvgIpc) is 3.01. The largest absolute Gasteiger partial charge is 0.511 e. The summed E-state index contributed by atoms with van der Waals surface area (Å²) >= 11 is 0. The maximum Gasteiger partial charge on any atom is 0.326 e. The predicted molar refractivity (Wildman–Crippen MR) is 188 cm³/mol. The standard InChI is InChI=1S/C34H59N7O9/c1-7-9-11-21(36)29(45)38-22(12-10-8-2)31(47)41-28(20(4)42)32(48)39-23(30(46)40-24(13-15-35)33(49)50)14-16-37-19(3)27-25(43)17-34(5,6)18-26(27)44/h20-24,28,42-43H,7-18,35-36H2,1-6H3,(H,38,45)(H,39,48)(H,40,46)(H,41,47)(H,49,50)/t20-,21+,22+,23+,24+,28+/m1/s1. The second-order valence-corrected chi connectivity index (χ2v) is 13.7. The second-order valence-electron chi connectivity index (χ2n) is 13.7. The molecule has 6 atom stereocenters. The topological polar surface area (TPSA) is 276 Å². The number of aliphatic imine (C=N–C) groups is 1. The molecule has 0 saturated heterocycles. The number of aliphatic carboxylic acids is 1. The van der Waals surface area contributed by atoms with Gasteiger partial charge in [0.25, 0.3) is 0 Å². The minimum absolute atomic E-state index is 0.0451. The van der Waals surface area contributed by atoms with E-state index in [0.29, 0.717) is 19.3 Å². The van der Waals surface area contributed by atoms with Crippen molar-refractivity contribution in [2.45, 2.75) is 142 Å². The third-order valence-electron chi connectivity index (χ3n) is 8.43. The monoisotopic (exact) mass is 709 g/mol. The first-order valence-electron chi connectivity index (χ1n) is 17.4. The average molecular weight is 710 g/mol. The highest BCUT2D eigenvalue weighted by Gasteiger charge is 2.35. The number of carboxylic acid groups (broad SMARTS) is 1. The molecule has 0 radical (unpaired) electrons. The second kappa shape index (κ2) is 21.4. The highest BCUT2D eigenvalue weighted by molar-refractivity contribution is 6.22. The van der Waals surface area contributed by atoms with E-state index in [9.17, 15) is 44.1 Å². The van der Waals surface area contributed by atoms with E-state index in [2.05, 4.69) is 26.3 Å². The molecule has 284 valence electrons. The molecule has 0 spiro atoms. The van der Waals surface area contributed by atoms with Crippen LogP contribution >= 0.6 is 0 Å². The molecule has 16 heteroatoms. The van der Waals surface area contributed by atoms with Crippen molar-refractivity contribution in [2.75, 3.05) is 13.1 Å². The molecule has 16 nitrogen and oxygen atoms in total. The van der Waals surface area contributed by atoms with Gasteiger partial charge in [0, 0.05) is 25.1 Å². The summed E-state index contributed by atoms with van der Waals surface area (Å²) in [6, 6.07) is -6.20. The van der Waals surface area contributed by atoms with Gasteiger partial charge in [-0.05, 0) is 51.5 Å². The maximum absolute atomic E-state index is 13.5. The van der Waals surface area contributed by atoms with Crippen LogP contribution in [0.2, 0.25) is 0 Å². The summed E-state index contributed by atoms with van der Waals surface area (Å²) in [5, 5.41) is 40.6. The Labute approximate surface area is 294 Å². The van der Waals surface area contributed by atoms with Gasteiger partial charge < -0.3 is 48.1 Å². The van der Waals surface area contributed by atoms with Crippen LogP contribution in [0.3, 0.4) is 0 Å². The van der Waals surface area contributed by atoms with Crippen molar-refractivity contribution in [1.29, 1.82) is 0 Å². The summed E-state index contributed by atoms with van der Waals surface area (Å²) in [7, 11) is 0. The van der Waals surface area contributed by atoms with E-state index in [1.165, 1.54) is 6.92 Å². The summed E-state index contributed by atoms with van der Waals surface area (Å²) in [6.07, 6.45) is 2.28. The number of hydrogen-bond donors (Lipinski definition) is 9. The number of carboxylic acids is 1. The number of allylic oxidation sites excluding steroid dienone is 2. The molecule has 11 N–H and O–H groups in total. The van der Waals surface area contributed by atoms with Gasteiger partial charge in [-0.15, -0.1) is 0 Å². The predicted octanol–water partition coefficient (Wildman–Crippen LogP) is 0.500. The minimum Gasteiger partial charge on any atom is -0.511 e. The minimum atomic E-state index is -1.57. The normalized spacial score (nSPS) is 18.3. The SMILES string of the molecule is CCCC[C@H](NC(=O)[C@@H](N)CCCC)C(=O)N[C@H](C(=O)N[C@@H](CCN=C(C)C1=C(O)CC(C)(C)CC1=O)C(=O)N[C@@H](CCN)C(=O)O)[C@@H](C)O. The van der Waals surface area contributed by atoms with Crippen LogP contribution in [0.25, 0.3) is 0 Å². The number of carbonyl (C=O) groups is 6. The molecule has 0 aromatic rings. The number of hydrogen-bond acceptors (Lipinski definition) is 11. The van der Waals surface area contributed by atoms with Crippen molar-refractivity contribution >= 4 is 41.1 Å². The summed E-state index contributed by atoms with van der Waals surface area (Å²) < 4.78 is 0. The van der Waals surface area contributed by atoms with Crippen molar-refractivity contribution < 1.29 is 44.1 Å². The maximum atomic E-state index is 13.5. The lowest BCUT2D eigenvalue weighted by Gasteiger charge is -2.29. The van der Waals surface area contributed by atoms with Gasteiger partial charge in [0.2, 0.25) is 23.6 Å². The fraction of sp³-hybridized carbons (Fsp3) is 0.735. The Hall–Kier alpha value is -3.89. The van der Waals surface area contributed by atoms with Gasteiger partial charge in [0.15, 0.2) is 5.78 Å². The molecule has 1 rings (SSSR count). The quantitative estimate of drug-likeness (QED) is 0.0698. The Kier molecular flexibility index (Phi) is 18.8. The van der Waals surface area contributed by atoms with Crippen molar-refractivity contribution in [1.82, 2.24) is 21.3 Å². The molecule has 4 amide bonds. The Balaban J connectivity index is 3.26. The zero-order chi connectivity index (χ0) is 38.2. The molecule has 0 aromatic heterocycles. The van der Waals surface area contributed by atoms with E-state index < -0.39 is 71.3 Å². The molecule has 0 aliphatic heterocycles. The first-order valence-corrected chi connectivity index (χ1v) is 17.4. The fourth-order valence-electron chi connectivity index (χ4n) is 5.54. The molecule has 1 aliphatic rings. The fourth-order valence-corrected chi connectivity index (χ4v) is 5.54. The lowest BCUT2D eigenvalue weighted by Crippen LogP contribution is -2.61. The van der Waals surface area contributed by atoms with Gasteiger partial charge in [-0.1, -0.05) is 53.4 Å². The molecule has 50 heavy (non-hydrogen) atoms. The summed E-state index contributed by atoms with van der Waals surface area (Å²) in [4.78, 5) is 81.8. The first-order chi connectivity index (χ1) is 23.4. The number of Topliss-reactive ketones (excluding diaryl/α,β-unsaturated/α-hetero) is 1. The van der Waals surface area contributed by atoms with Crippen LogP contribution in [-0.2, 0) is 28.8 Å². The zero-order valence-electron chi connectivity index (χ0n) is 30.3. The molecule has 0 heterocycles. The molecular formula is C34H59N7O9. The number of carbonyl (C=O) groups excluding carboxylic acids is 5. The number of nitrogens with two attached hydrogens (primary N) is 2. The van der Waals surface area contributed by atoms with Crippen molar-refractivity contribution in [3.8, 4) is 0 Å². The third kappa shape index (κ3) is 14.5. The van der Waals surface area contributed by atoms with Crippen LogP contribution in [0.5, 0.6) is 0 Å². The van der Waals surface area contributed by atoms with Crippen LogP contribution < -0.4 is 32.7 Å². The van der Waals surface area contributed by atoms with Crippen LogP contribution in [0.4, 0.5) is 0 Å². The highest BCUT2D eigenvalue weighted by Crippen LogP contribution is 2.36. The van der Waals surface area contributed by atoms with Crippen LogP contribution in [-0.4, -0.2) is 106 Å². The van der Waals surface area contributed by atoms with E-state index in [4.69, 9.17) is 11.5 Å². The van der Waals surface area contributed by atoms with Gasteiger partial charge in [0.1, 0.15) is 29.9 Å². The van der Waals surface area contributed by atoms with E-state index >= 15 is 0 Å². The Morgan fingerprint density at radius 2 is 1.38 bits per heavy atom. The van der Waals surface area contributed by atoms with E-state index in [-0.39, 0.29) is 68.0 Å². The number of ketones is 1. The Morgan fingerprint density at radius 3 is 1.92 bits per heavy atom. The Morgan fingerprint density at radius 1 is 0.840 bits per heavy atom. The van der Waals surface area contributed by atoms with Crippen molar-refractivity contribution in [2.24, 2.45) is 21.9 Å². The van der Waals surface area contributed by atoms with Crippen molar-refractivity contribution in [3.63, 3.8) is 0 Å². The molecule has 0 saturated carbocycles. The molecule has 0 bridgehead atoms. The third-order valence-corrected chi connectivity index (χ3v) is 8.43. The van der Waals surface area contributed by atoms with Crippen LogP contribution in [0, 0.1) is 5.41 Å². The van der Waals surface area contributed by atoms with E-state index in [1.807, 2.05) is 27.7 Å². The van der Waals surface area contributed by atoms with Gasteiger partial charge in [-0.2, -0.15) is 0 Å².